The lowest BCUT2D eigenvalue weighted by Crippen LogP contribution is -2.63. The molecule has 132 valence electrons. The SMILES string of the molecule is C/C=C(\I)CN1CC[C@]23C(C(=O)OC)=CCC1[C@@H]2Nc1ccccc13. The van der Waals surface area contributed by atoms with Gasteiger partial charge in [0, 0.05) is 34.0 Å². The number of nitrogens with zero attached hydrogens (tertiary/aromatic N) is 1. The standard InChI is InChI=1S/C20H23IN2O2/c1-3-13(21)12-23-11-10-20-14-6-4-5-7-16(14)22-18(20)17(23)9-8-15(20)19(24)25-2/h3-8,17-18,22H,9-12H2,1-2H3/b13-3-/t17?,18-,20-/m0/s1. The molecule has 1 unspecified atom stereocenters. The predicted molar refractivity (Wildman–Crippen MR) is 108 cm³/mol. The van der Waals surface area contributed by atoms with Crippen molar-refractivity contribution in [1.29, 1.82) is 0 Å². The summed E-state index contributed by atoms with van der Waals surface area (Å²) in [5.74, 6) is -0.182. The minimum Gasteiger partial charge on any atom is -0.466 e. The van der Waals surface area contributed by atoms with Crippen LogP contribution >= 0.6 is 22.6 Å². The summed E-state index contributed by atoms with van der Waals surface area (Å²) in [7, 11) is 1.48. The van der Waals surface area contributed by atoms with E-state index in [2.05, 4.69) is 76.1 Å². The van der Waals surface area contributed by atoms with Crippen LogP contribution in [0.2, 0.25) is 0 Å². The van der Waals surface area contributed by atoms with E-state index in [0.29, 0.717) is 6.04 Å². The van der Waals surface area contributed by atoms with E-state index in [1.54, 1.807) is 0 Å². The molecular weight excluding hydrogens is 427 g/mol. The number of allylic oxidation sites excluding steroid dienone is 1. The fourth-order valence-corrected chi connectivity index (χ4v) is 5.32. The van der Waals surface area contributed by atoms with Crippen molar-refractivity contribution in [2.75, 3.05) is 25.5 Å². The zero-order valence-electron chi connectivity index (χ0n) is 14.6. The number of anilines is 1. The highest BCUT2D eigenvalue weighted by Gasteiger charge is 2.59. The molecule has 1 aromatic carbocycles. The molecule has 1 aliphatic carbocycles. The molecule has 3 atom stereocenters. The molecule has 1 aromatic rings. The summed E-state index contributed by atoms with van der Waals surface area (Å²) in [5, 5.41) is 3.75. The van der Waals surface area contributed by atoms with E-state index in [1.807, 2.05) is 0 Å². The van der Waals surface area contributed by atoms with Gasteiger partial charge in [0.05, 0.1) is 18.6 Å². The normalized spacial score (nSPS) is 30.8. The summed E-state index contributed by atoms with van der Waals surface area (Å²) in [5.41, 5.74) is 3.00. The first kappa shape index (κ1) is 17.1. The average Bonchev–Trinajstić information content (AvgIpc) is 2.99. The van der Waals surface area contributed by atoms with E-state index in [4.69, 9.17) is 4.74 Å². The maximum absolute atomic E-state index is 12.6. The van der Waals surface area contributed by atoms with Crippen molar-refractivity contribution in [2.45, 2.75) is 37.3 Å². The van der Waals surface area contributed by atoms with Gasteiger partial charge in [0.15, 0.2) is 0 Å². The molecule has 1 saturated heterocycles. The van der Waals surface area contributed by atoms with Gasteiger partial charge < -0.3 is 10.1 Å². The lowest BCUT2D eigenvalue weighted by molar-refractivity contribution is -0.137. The fourth-order valence-electron chi connectivity index (χ4n) is 4.88. The second kappa shape index (κ2) is 6.43. The van der Waals surface area contributed by atoms with Crippen LogP contribution < -0.4 is 5.32 Å². The van der Waals surface area contributed by atoms with E-state index in [0.717, 1.165) is 37.2 Å². The van der Waals surface area contributed by atoms with Gasteiger partial charge in [0.1, 0.15) is 0 Å². The molecule has 0 amide bonds. The van der Waals surface area contributed by atoms with Crippen LogP contribution in [0.4, 0.5) is 5.69 Å². The number of carbonyl (C=O) groups excluding carboxylic acids is 1. The molecule has 0 radical (unpaired) electrons. The van der Waals surface area contributed by atoms with Gasteiger partial charge in [-0.1, -0.05) is 30.4 Å². The summed E-state index contributed by atoms with van der Waals surface area (Å²) in [4.78, 5) is 15.1. The number of piperidine rings is 1. The Bertz CT molecular complexity index is 773. The van der Waals surface area contributed by atoms with Crippen molar-refractivity contribution in [2.24, 2.45) is 0 Å². The smallest absolute Gasteiger partial charge is 0.334 e. The molecule has 2 bridgehead atoms. The number of benzene rings is 1. The summed E-state index contributed by atoms with van der Waals surface area (Å²) in [6.45, 7) is 4.06. The van der Waals surface area contributed by atoms with Gasteiger partial charge in [-0.3, -0.25) is 4.90 Å². The monoisotopic (exact) mass is 450 g/mol. The Kier molecular flexibility index (Phi) is 4.40. The van der Waals surface area contributed by atoms with Crippen LogP contribution in [0.3, 0.4) is 0 Å². The van der Waals surface area contributed by atoms with Crippen molar-refractivity contribution >= 4 is 34.2 Å². The molecule has 0 spiro atoms. The Hall–Kier alpha value is -1.34. The maximum atomic E-state index is 12.6. The number of para-hydroxylation sites is 1. The molecule has 3 aliphatic rings. The summed E-state index contributed by atoms with van der Waals surface area (Å²) in [6.07, 6.45) is 6.13. The van der Waals surface area contributed by atoms with Crippen molar-refractivity contribution in [1.82, 2.24) is 4.90 Å². The van der Waals surface area contributed by atoms with Gasteiger partial charge in [0.2, 0.25) is 0 Å². The van der Waals surface area contributed by atoms with E-state index in [-0.39, 0.29) is 17.4 Å². The molecule has 0 saturated carbocycles. The van der Waals surface area contributed by atoms with E-state index in [1.165, 1.54) is 16.3 Å². The highest BCUT2D eigenvalue weighted by molar-refractivity contribution is 14.1. The van der Waals surface area contributed by atoms with Crippen LogP contribution in [0, 0.1) is 0 Å². The van der Waals surface area contributed by atoms with Gasteiger partial charge in [-0.05, 0) is 54.0 Å². The van der Waals surface area contributed by atoms with Crippen LogP contribution in [0.15, 0.2) is 45.6 Å². The number of esters is 1. The largest absolute Gasteiger partial charge is 0.466 e. The number of fused-ring (bicyclic) bond motifs is 1. The first-order chi connectivity index (χ1) is 12.1. The Morgan fingerprint density at radius 2 is 2.28 bits per heavy atom. The molecule has 0 aromatic heterocycles. The minimum atomic E-state index is -0.259. The van der Waals surface area contributed by atoms with Crippen LogP contribution in [0.1, 0.15) is 25.3 Å². The van der Waals surface area contributed by atoms with Crippen LogP contribution in [-0.2, 0) is 14.9 Å². The average molecular weight is 450 g/mol. The summed E-state index contributed by atoms with van der Waals surface area (Å²) in [6, 6.07) is 9.05. The zero-order valence-corrected chi connectivity index (χ0v) is 16.7. The van der Waals surface area contributed by atoms with Gasteiger partial charge in [-0.2, -0.15) is 0 Å². The number of halogens is 1. The number of ether oxygens (including phenoxy) is 1. The number of likely N-dealkylation sites (tertiary alicyclic amines) is 1. The first-order valence-corrected chi connectivity index (χ1v) is 9.89. The van der Waals surface area contributed by atoms with E-state index >= 15 is 0 Å². The number of hydrogen-bond acceptors (Lipinski definition) is 4. The van der Waals surface area contributed by atoms with Gasteiger partial charge in [-0.15, -0.1) is 0 Å². The summed E-state index contributed by atoms with van der Waals surface area (Å²) < 4.78 is 6.51. The van der Waals surface area contributed by atoms with Crippen LogP contribution in [-0.4, -0.2) is 43.2 Å². The highest BCUT2D eigenvalue weighted by Crippen LogP contribution is 2.55. The summed E-state index contributed by atoms with van der Waals surface area (Å²) >= 11 is 2.43. The molecule has 5 heteroatoms. The van der Waals surface area contributed by atoms with Gasteiger partial charge in [0.25, 0.3) is 0 Å². The number of rotatable bonds is 3. The number of methoxy groups -OCH3 is 1. The molecule has 1 fully saturated rings. The molecular formula is C20H23IN2O2. The third kappa shape index (κ3) is 2.46. The third-order valence-electron chi connectivity index (χ3n) is 6.01. The Balaban J connectivity index is 1.80. The third-order valence-corrected chi connectivity index (χ3v) is 6.98. The van der Waals surface area contributed by atoms with Crippen molar-refractivity contribution in [3.05, 3.63) is 51.1 Å². The van der Waals surface area contributed by atoms with E-state index < -0.39 is 0 Å². The van der Waals surface area contributed by atoms with Crippen LogP contribution in [0.25, 0.3) is 0 Å². The maximum Gasteiger partial charge on any atom is 0.334 e. The Labute approximate surface area is 162 Å². The topological polar surface area (TPSA) is 41.6 Å². The zero-order chi connectivity index (χ0) is 17.6. The number of hydrogen-bond donors (Lipinski definition) is 1. The van der Waals surface area contributed by atoms with E-state index in [9.17, 15) is 4.79 Å². The fraction of sp³-hybridized carbons (Fsp3) is 0.450. The minimum absolute atomic E-state index is 0.182. The molecule has 4 rings (SSSR count). The molecule has 25 heavy (non-hydrogen) atoms. The number of nitrogens with one attached hydrogen (secondary N) is 1. The second-order valence-electron chi connectivity index (χ2n) is 7.01. The lowest BCUT2D eigenvalue weighted by Gasteiger charge is -2.52. The first-order valence-electron chi connectivity index (χ1n) is 8.81. The number of carbonyl (C=O) groups is 1. The van der Waals surface area contributed by atoms with Crippen molar-refractivity contribution < 1.29 is 9.53 Å². The second-order valence-corrected chi connectivity index (χ2v) is 8.39. The lowest BCUT2D eigenvalue weighted by atomic mass is 9.61. The quantitative estimate of drug-likeness (QED) is 0.564. The van der Waals surface area contributed by atoms with Crippen molar-refractivity contribution in [3.63, 3.8) is 0 Å². The molecule has 4 nitrogen and oxygen atoms in total. The van der Waals surface area contributed by atoms with Crippen molar-refractivity contribution in [3.8, 4) is 0 Å². The Morgan fingerprint density at radius 3 is 3.04 bits per heavy atom. The molecule has 2 heterocycles. The van der Waals surface area contributed by atoms with Crippen LogP contribution in [0.5, 0.6) is 0 Å². The molecule has 1 N–H and O–H groups in total. The Morgan fingerprint density at radius 1 is 1.48 bits per heavy atom. The predicted octanol–water partition coefficient (Wildman–Crippen LogP) is 3.63. The van der Waals surface area contributed by atoms with Gasteiger partial charge >= 0.3 is 5.97 Å². The molecule has 2 aliphatic heterocycles. The van der Waals surface area contributed by atoms with Gasteiger partial charge in [-0.25, -0.2) is 4.79 Å². The highest BCUT2D eigenvalue weighted by atomic mass is 127.